The number of rotatable bonds is 6. The Bertz CT molecular complexity index is 909. The summed E-state index contributed by atoms with van der Waals surface area (Å²) in [6.07, 6.45) is -1.12. The minimum atomic E-state index is -0.562. The molecule has 3 aromatic carbocycles. The van der Waals surface area contributed by atoms with Gasteiger partial charge in [-0.1, -0.05) is 47.5 Å². The van der Waals surface area contributed by atoms with E-state index in [1.807, 2.05) is 24.3 Å². The van der Waals surface area contributed by atoms with Gasteiger partial charge in [0.15, 0.2) is 0 Å². The Hall–Kier alpha value is -3.22. The smallest absolute Gasteiger partial charge is 0.410 e. The maximum absolute atomic E-state index is 11.8. The van der Waals surface area contributed by atoms with Crippen molar-refractivity contribution in [2.75, 3.05) is 0 Å². The number of benzene rings is 3. The second-order valence-electron chi connectivity index (χ2n) is 6.21. The zero-order valence-electron chi connectivity index (χ0n) is 15.7. The molecule has 0 fully saturated rings. The van der Waals surface area contributed by atoms with E-state index >= 15 is 0 Å². The Kier molecular flexibility index (Phi) is 7.54. The lowest BCUT2D eigenvalue weighted by atomic mass is 10.1. The molecule has 0 unspecified atom stereocenters. The number of nitrogens with one attached hydrogen (secondary N) is 2. The minimum Gasteiger partial charge on any atom is -0.410 e. The number of hydrogen-bond donors (Lipinski definition) is 2. The van der Waals surface area contributed by atoms with Crippen molar-refractivity contribution >= 4 is 35.4 Å². The van der Waals surface area contributed by atoms with Crippen molar-refractivity contribution in [2.45, 2.75) is 13.1 Å². The van der Waals surface area contributed by atoms with Crippen LogP contribution in [-0.4, -0.2) is 12.2 Å². The predicted octanol–water partition coefficient (Wildman–Crippen LogP) is 5.57. The first-order chi connectivity index (χ1) is 14.5. The van der Waals surface area contributed by atoms with Crippen LogP contribution in [0.15, 0.2) is 72.8 Å². The van der Waals surface area contributed by atoms with Crippen LogP contribution in [0, 0.1) is 0 Å². The van der Waals surface area contributed by atoms with Crippen LogP contribution >= 0.6 is 23.2 Å². The number of carbonyl (C=O) groups is 2. The normalized spacial score (nSPS) is 10.2. The first-order valence-electron chi connectivity index (χ1n) is 8.98. The van der Waals surface area contributed by atoms with Gasteiger partial charge in [0.2, 0.25) is 0 Å². The van der Waals surface area contributed by atoms with E-state index in [9.17, 15) is 9.59 Å². The molecule has 0 bridgehead atoms. The fourth-order valence-corrected chi connectivity index (χ4v) is 2.67. The number of amides is 2. The standard InChI is InChI=1S/C22H18Cl2N2O4/c23-17-5-9-19(10-6-17)29-21(27)25-13-15-1-2-16(4-3-15)14-26-22(28)30-20-11-7-18(24)8-12-20/h1-12H,13-14H2,(H,25,27)(H,26,28). The van der Waals surface area contributed by atoms with Gasteiger partial charge in [-0.05, 0) is 59.7 Å². The van der Waals surface area contributed by atoms with Crippen LogP contribution in [0.25, 0.3) is 0 Å². The van der Waals surface area contributed by atoms with Crippen LogP contribution < -0.4 is 20.1 Å². The monoisotopic (exact) mass is 444 g/mol. The molecule has 154 valence electrons. The molecule has 0 atom stereocenters. The van der Waals surface area contributed by atoms with Gasteiger partial charge in [-0.15, -0.1) is 0 Å². The maximum Gasteiger partial charge on any atom is 0.412 e. The van der Waals surface area contributed by atoms with E-state index in [1.165, 1.54) is 0 Å². The van der Waals surface area contributed by atoms with E-state index < -0.39 is 12.2 Å². The first-order valence-corrected chi connectivity index (χ1v) is 9.74. The van der Waals surface area contributed by atoms with E-state index in [0.717, 1.165) is 11.1 Å². The number of ether oxygens (including phenoxy) is 2. The summed E-state index contributed by atoms with van der Waals surface area (Å²) in [5.74, 6) is 0.813. The largest absolute Gasteiger partial charge is 0.412 e. The van der Waals surface area contributed by atoms with Crippen molar-refractivity contribution in [3.05, 3.63) is 94.0 Å². The molecule has 30 heavy (non-hydrogen) atoms. The Morgan fingerprint density at radius 3 is 1.27 bits per heavy atom. The molecule has 0 aliphatic heterocycles. The van der Waals surface area contributed by atoms with Crippen LogP contribution in [0.3, 0.4) is 0 Å². The molecule has 0 saturated carbocycles. The molecule has 0 radical (unpaired) electrons. The summed E-state index contributed by atoms with van der Waals surface area (Å²) < 4.78 is 10.3. The van der Waals surface area contributed by atoms with Crippen LogP contribution in [-0.2, 0) is 13.1 Å². The molecule has 2 N–H and O–H groups in total. The highest BCUT2D eigenvalue weighted by atomic mass is 35.5. The van der Waals surface area contributed by atoms with Crippen molar-refractivity contribution in [3.8, 4) is 11.5 Å². The van der Waals surface area contributed by atoms with E-state index in [2.05, 4.69) is 10.6 Å². The molecular weight excluding hydrogens is 427 g/mol. The third-order valence-electron chi connectivity index (χ3n) is 3.95. The van der Waals surface area contributed by atoms with Gasteiger partial charge in [-0.3, -0.25) is 0 Å². The van der Waals surface area contributed by atoms with Crippen molar-refractivity contribution in [2.24, 2.45) is 0 Å². The second-order valence-corrected chi connectivity index (χ2v) is 7.08. The van der Waals surface area contributed by atoms with Gasteiger partial charge in [0.05, 0.1) is 0 Å². The van der Waals surface area contributed by atoms with Gasteiger partial charge in [-0.2, -0.15) is 0 Å². The summed E-state index contributed by atoms with van der Waals surface area (Å²) in [7, 11) is 0. The van der Waals surface area contributed by atoms with Crippen LogP contribution in [0.1, 0.15) is 11.1 Å². The van der Waals surface area contributed by atoms with Gasteiger partial charge in [-0.25, -0.2) is 9.59 Å². The molecule has 0 heterocycles. The van der Waals surface area contributed by atoms with E-state index in [0.29, 0.717) is 34.6 Å². The average molecular weight is 445 g/mol. The van der Waals surface area contributed by atoms with Gasteiger partial charge in [0, 0.05) is 23.1 Å². The summed E-state index contributed by atoms with van der Waals surface area (Å²) in [4.78, 5) is 23.7. The molecule has 0 aliphatic rings. The van der Waals surface area contributed by atoms with Crippen LogP contribution in [0.5, 0.6) is 11.5 Å². The molecular formula is C22H18Cl2N2O4. The number of hydrogen-bond acceptors (Lipinski definition) is 4. The maximum atomic E-state index is 11.8. The Labute approximate surface area is 183 Å². The van der Waals surface area contributed by atoms with E-state index in [1.54, 1.807) is 48.5 Å². The quantitative estimate of drug-likeness (QED) is 0.520. The van der Waals surface area contributed by atoms with Gasteiger partial charge >= 0.3 is 12.2 Å². The summed E-state index contributed by atoms with van der Waals surface area (Å²) >= 11 is 11.6. The van der Waals surface area contributed by atoms with Gasteiger partial charge < -0.3 is 20.1 Å². The highest BCUT2D eigenvalue weighted by Crippen LogP contribution is 2.16. The molecule has 3 aromatic rings. The van der Waals surface area contributed by atoms with Crippen molar-refractivity contribution in [1.29, 1.82) is 0 Å². The average Bonchev–Trinajstić information content (AvgIpc) is 2.75. The first kappa shape index (κ1) is 21.5. The van der Waals surface area contributed by atoms with Crippen molar-refractivity contribution in [1.82, 2.24) is 10.6 Å². The molecule has 0 spiro atoms. The van der Waals surface area contributed by atoms with Crippen LogP contribution in [0.2, 0.25) is 10.0 Å². The molecule has 0 aromatic heterocycles. The minimum absolute atomic E-state index is 0.304. The highest BCUT2D eigenvalue weighted by molar-refractivity contribution is 6.30. The topological polar surface area (TPSA) is 76.7 Å². The van der Waals surface area contributed by atoms with E-state index in [4.69, 9.17) is 32.7 Å². The summed E-state index contributed by atoms with van der Waals surface area (Å²) in [5, 5.41) is 6.47. The molecule has 2 amide bonds. The third kappa shape index (κ3) is 6.99. The van der Waals surface area contributed by atoms with Crippen molar-refractivity contribution < 1.29 is 19.1 Å². The predicted molar refractivity (Wildman–Crippen MR) is 115 cm³/mol. The molecule has 6 nitrogen and oxygen atoms in total. The molecule has 0 aliphatic carbocycles. The fourth-order valence-electron chi connectivity index (χ4n) is 2.41. The Morgan fingerprint density at radius 1 is 0.600 bits per heavy atom. The molecule has 0 saturated heterocycles. The van der Waals surface area contributed by atoms with Crippen LogP contribution in [0.4, 0.5) is 9.59 Å². The molecule has 3 rings (SSSR count). The Morgan fingerprint density at radius 2 is 0.933 bits per heavy atom. The Balaban J connectivity index is 1.40. The van der Waals surface area contributed by atoms with E-state index in [-0.39, 0.29) is 0 Å². The zero-order chi connectivity index (χ0) is 21.3. The van der Waals surface area contributed by atoms with Crippen molar-refractivity contribution in [3.63, 3.8) is 0 Å². The second kappa shape index (κ2) is 10.5. The fraction of sp³-hybridized carbons (Fsp3) is 0.0909. The van der Waals surface area contributed by atoms with Gasteiger partial charge in [0.25, 0.3) is 0 Å². The lowest BCUT2D eigenvalue weighted by molar-refractivity contribution is 0.199. The summed E-state index contributed by atoms with van der Waals surface area (Å²) in [6, 6.07) is 20.4. The lowest BCUT2D eigenvalue weighted by Gasteiger charge is -2.09. The number of carbonyl (C=O) groups excluding carboxylic acids is 2. The summed E-state index contributed by atoms with van der Waals surface area (Å²) in [6.45, 7) is 0.609. The third-order valence-corrected chi connectivity index (χ3v) is 4.45. The molecule has 8 heteroatoms. The highest BCUT2D eigenvalue weighted by Gasteiger charge is 2.06. The van der Waals surface area contributed by atoms with Gasteiger partial charge in [0.1, 0.15) is 11.5 Å². The lowest BCUT2D eigenvalue weighted by Crippen LogP contribution is -2.27. The summed E-state index contributed by atoms with van der Waals surface area (Å²) in [5.41, 5.74) is 1.77. The SMILES string of the molecule is O=C(NCc1ccc(CNC(=O)Oc2ccc(Cl)cc2)cc1)Oc1ccc(Cl)cc1. The number of halogens is 2. The zero-order valence-corrected chi connectivity index (χ0v) is 17.2.